The van der Waals surface area contributed by atoms with E-state index in [9.17, 15) is 9.59 Å². The molecule has 0 aromatic heterocycles. The molecule has 3 amide bonds. The molecule has 3 aromatic rings. The number of para-hydroxylation sites is 1. The summed E-state index contributed by atoms with van der Waals surface area (Å²) in [6.45, 7) is 0.860. The largest absolute Gasteiger partial charge is 0.497 e. The minimum atomic E-state index is -1.09. The van der Waals surface area contributed by atoms with Crippen molar-refractivity contribution in [2.75, 3.05) is 29.6 Å². The van der Waals surface area contributed by atoms with E-state index >= 15 is 0 Å². The Hall–Kier alpha value is -3.16. The normalized spacial score (nSPS) is 19.2. The van der Waals surface area contributed by atoms with Crippen LogP contribution >= 0.6 is 23.4 Å². The van der Waals surface area contributed by atoms with Gasteiger partial charge in [-0.3, -0.25) is 9.69 Å². The first-order valence-electron chi connectivity index (χ1n) is 10.6. The first kappa shape index (κ1) is 21.7. The maximum atomic E-state index is 14.0. The average molecular weight is 480 g/mol. The van der Waals surface area contributed by atoms with Crippen LogP contribution in [0, 0.1) is 0 Å². The van der Waals surface area contributed by atoms with Crippen LogP contribution in [0.25, 0.3) is 0 Å². The predicted molar refractivity (Wildman–Crippen MR) is 132 cm³/mol. The zero-order chi connectivity index (χ0) is 23.0. The van der Waals surface area contributed by atoms with Gasteiger partial charge in [-0.25, -0.2) is 4.79 Å². The molecule has 0 unspecified atom stereocenters. The van der Waals surface area contributed by atoms with Gasteiger partial charge in [0.15, 0.2) is 4.87 Å². The van der Waals surface area contributed by atoms with Crippen LogP contribution in [0.4, 0.5) is 16.2 Å². The highest BCUT2D eigenvalue weighted by molar-refractivity contribution is 8.01. The lowest BCUT2D eigenvalue weighted by Crippen LogP contribution is -2.51. The maximum absolute atomic E-state index is 14.0. The van der Waals surface area contributed by atoms with Crippen molar-refractivity contribution in [1.82, 2.24) is 4.90 Å². The second kappa shape index (κ2) is 8.65. The van der Waals surface area contributed by atoms with Gasteiger partial charge in [-0.1, -0.05) is 41.9 Å². The first-order valence-corrected chi connectivity index (χ1v) is 11.9. The summed E-state index contributed by atoms with van der Waals surface area (Å²) < 4.78 is 5.34. The van der Waals surface area contributed by atoms with Crippen molar-refractivity contribution in [1.29, 1.82) is 0 Å². The Bertz CT molecular complexity index is 1220. The molecule has 0 radical (unpaired) electrons. The number of rotatable bonds is 4. The van der Waals surface area contributed by atoms with Crippen molar-refractivity contribution in [3.63, 3.8) is 0 Å². The molecule has 5 rings (SSSR count). The van der Waals surface area contributed by atoms with Crippen LogP contribution in [0.5, 0.6) is 5.75 Å². The second-order valence-corrected chi connectivity index (χ2v) is 9.57. The molecule has 0 saturated carbocycles. The number of benzene rings is 3. The molecule has 2 aliphatic heterocycles. The van der Waals surface area contributed by atoms with Gasteiger partial charge in [0.05, 0.1) is 19.3 Å². The molecule has 1 fully saturated rings. The molecule has 0 bridgehead atoms. The van der Waals surface area contributed by atoms with Gasteiger partial charge >= 0.3 is 6.03 Å². The molecule has 8 heteroatoms. The highest BCUT2D eigenvalue weighted by atomic mass is 35.5. The number of thioether (sulfide) groups is 1. The van der Waals surface area contributed by atoms with Crippen LogP contribution in [-0.2, 0) is 16.2 Å². The number of fused-ring (bicyclic) bond motifs is 2. The third kappa shape index (κ3) is 3.71. The summed E-state index contributed by atoms with van der Waals surface area (Å²) in [6.07, 6.45) is 0. The monoisotopic (exact) mass is 479 g/mol. The van der Waals surface area contributed by atoms with Gasteiger partial charge in [-0.2, -0.15) is 0 Å². The molecule has 3 aromatic carbocycles. The van der Waals surface area contributed by atoms with E-state index in [0.717, 1.165) is 22.6 Å². The van der Waals surface area contributed by atoms with E-state index < -0.39 is 4.87 Å². The number of ether oxygens (including phenoxy) is 1. The summed E-state index contributed by atoms with van der Waals surface area (Å²) in [7, 11) is 1.62. The Morgan fingerprint density at radius 1 is 1.12 bits per heavy atom. The minimum absolute atomic E-state index is 0.111. The Labute approximate surface area is 201 Å². The first-order chi connectivity index (χ1) is 16.0. The smallest absolute Gasteiger partial charge is 0.323 e. The van der Waals surface area contributed by atoms with Crippen molar-refractivity contribution in [3.8, 4) is 5.75 Å². The fourth-order valence-corrected chi connectivity index (χ4v) is 5.99. The van der Waals surface area contributed by atoms with Crippen molar-refractivity contribution in [2.24, 2.45) is 0 Å². The van der Waals surface area contributed by atoms with Crippen LogP contribution < -0.4 is 15.0 Å². The van der Waals surface area contributed by atoms with Gasteiger partial charge in [-0.05, 0) is 48.0 Å². The number of amides is 3. The number of nitrogens with one attached hydrogen (secondary N) is 1. The molecule has 1 saturated heterocycles. The summed E-state index contributed by atoms with van der Waals surface area (Å²) >= 11 is 7.47. The number of halogens is 1. The number of hydrogen-bond acceptors (Lipinski definition) is 4. The van der Waals surface area contributed by atoms with E-state index in [4.69, 9.17) is 16.3 Å². The van der Waals surface area contributed by atoms with Crippen LogP contribution in [0.2, 0.25) is 5.02 Å². The number of urea groups is 1. The van der Waals surface area contributed by atoms with Crippen LogP contribution in [0.1, 0.15) is 11.1 Å². The minimum Gasteiger partial charge on any atom is -0.497 e. The third-order valence-corrected chi connectivity index (χ3v) is 7.59. The van der Waals surface area contributed by atoms with Crippen LogP contribution in [0.15, 0.2) is 72.8 Å². The molecule has 2 heterocycles. The zero-order valence-corrected chi connectivity index (χ0v) is 19.5. The van der Waals surface area contributed by atoms with E-state index in [-0.39, 0.29) is 11.9 Å². The third-order valence-electron chi connectivity index (χ3n) is 5.92. The van der Waals surface area contributed by atoms with Gasteiger partial charge in [0, 0.05) is 28.6 Å². The Morgan fingerprint density at radius 2 is 1.91 bits per heavy atom. The molecular formula is C25H22ClN3O3S. The molecule has 1 atom stereocenters. The topological polar surface area (TPSA) is 61.9 Å². The van der Waals surface area contributed by atoms with E-state index in [1.807, 2.05) is 48.5 Å². The lowest BCUT2D eigenvalue weighted by Gasteiger charge is -2.33. The highest BCUT2D eigenvalue weighted by Gasteiger charge is 2.59. The van der Waals surface area contributed by atoms with Gasteiger partial charge < -0.3 is 15.0 Å². The molecule has 168 valence electrons. The van der Waals surface area contributed by atoms with Crippen molar-refractivity contribution < 1.29 is 14.3 Å². The number of methoxy groups -OCH3 is 1. The number of carbonyl (C=O) groups is 2. The Balaban J connectivity index is 1.49. The zero-order valence-electron chi connectivity index (χ0n) is 18.0. The number of anilines is 2. The summed E-state index contributed by atoms with van der Waals surface area (Å²) in [4.78, 5) is 29.7. The average Bonchev–Trinajstić information content (AvgIpc) is 3.38. The fourth-order valence-electron chi connectivity index (χ4n) is 4.40. The van der Waals surface area contributed by atoms with Gasteiger partial charge in [0.25, 0.3) is 5.91 Å². The molecule has 0 aliphatic carbocycles. The lowest BCUT2D eigenvalue weighted by atomic mass is 10.1. The lowest BCUT2D eigenvalue weighted by molar-refractivity contribution is -0.123. The highest BCUT2D eigenvalue weighted by Crippen LogP contribution is 2.54. The van der Waals surface area contributed by atoms with E-state index in [1.54, 1.807) is 41.2 Å². The van der Waals surface area contributed by atoms with Crippen LogP contribution in [-0.4, -0.2) is 36.2 Å². The number of nitrogens with zero attached hydrogens (tertiary/aromatic N) is 2. The molecule has 1 N–H and O–H groups in total. The van der Waals surface area contributed by atoms with Gasteiger partial charge in [-0.15, -0.1) is 11.8 Å². The summed E-state index contributed by atoms with van der Waals surface area (Å²) in [6, 6.07) is 22.0. The Morgan fingerprint density at radius 3 is 2.70 bits per heavy atom. The molecule has 1 spiro atoms. The predicted octanol–water partition coefficient (Wildman–Crippen LogP) is 5.33. The summed E-state index contributed by atoms with van der Waals surface area (Å²) in [5.41, 5.74) is 3.24. The molecule has 33 heavy (non-hydrogen) atoms. The van der Waals surface area contributed by atoms with Gasteiger partial charge in [0.2, 0.25) is 0 Å². The summed E-state index contributed by atoms with van der Waals surface area (Å²) in [5.74, 6) is 1.29. The second-order valence-electron chi connectivity index (χ2n) is 7.84. The van der Waals surface area contributed by atoms with E-state index in [1.165, 1.54) is 11.8 Å². The fraction of sp³-hybridized carbons (Fsp3) is 0.200. The molecule has 6 nitrogen and oxygen atoms in total. The van der Waals surface area contributed by atoms with Crippen LogP contribution in [0.3, 0.4) is 0 Å². The van der Waals surface area contributed by atoms with Gasteiger partial charge in [0.1, 0.15) is 5.75 Å². The number of hydrogen-bond donors (Lipinski definition) is 1. The molecular weight excluding hydrogens is 458 g/mol. The van der Waals surface area contributed by atoms with Crippen molar-refractivity contribution in [3.05, 3.63) is 88.9 Å². The maximum Gasteiger partial charge on any atom is 0.323 e. The SMILES string of the molecule is COc1cccc(CN2C(=O)[C@]3(SCCN3C(=O)Nc3ccc(Cl)cc3)c3ccccc32)c1. The standard InChI is InChI=1S/C25H22ClN3O3S/c1-32-20-6-4-5-17(15-20)16-28-22-8-3-2-7-21(22)25(23(28)30)29(13-14-33-25)24(31)27-19-11-9-18(26)10-12-19/h2-12,15H,13-14,16H2,1H3,(H,27,31)/t25-/m1/s1. The Kier molecular flexibility index (Phi) is 5.68. The van der Waals surface area contributed by atoms with Crippen molar-refractivity contribution in [2.45, 2.75) is 11.4 Å². The van der Waals surface area contributed by atoms with E-state index in [2.05, 4.69) is 5.32 Å². The molecule has 2 aliphatic rings. The summed E-state index contributed by atoms with van der Waals surface area (Å²) in [5, 5.41) is 3.51. The van der Waals surface area contributed by atoms with Crippen molar-refractivity contribution >= 4 is 46.7 Å². The van der Waals surface area contributed by atoms with E-state index in [0.29, 0.717) is 29.6 Å². The quantitative estimate of drug-likeness (QED) is 0.549. The number of carbonyl (C=O) groups excluding carboxylic acids is 2.